The Morgan fingerprint density at radius 1 is 0.944 bits per heavy atom. The van der Waals surface area contributed by atoms with Crippen molar-refractivity contribution in [3.8, 4) is 0 Å². The van der Waals surface area contributed by atoms with Crippen LogP contribution in [0.3, 0.4) is 0 Å². The van der Waals surface area contributed by atoms with E-state index < -0.39 is 9.05 Å². The first kappa shape index (κ1) is 25.2. The van der Waals surface area contributed by atoms with Gasteiger partial charge in [0.2, 0.25) is 10.3 Å². The Hall–Kier alpha value is 2.25. The van der Waals surface area contributed by atoms with Crippen LogP contribution in [0, 0.1) is 0 Å². The molecule has 0 spiro atoms. The Kier molecular flexibility index (Phi) is 24.2. The summed E-state index contributed by atoms with van der Waals surface area (Å²) in [4.78, 5) is 0. The predicted octanol–water partition coefficient (Wildman–Crippen LogP) is -4.51. The standard InChI is InChI=1S/C10H23NO3S2.2Na/c1-11-9-7-5-3-2-4-6-8-10-15-16(12,13)14;;/h11H,2-10H2,1H3,(H-,12,13,14);;/q;2*+1/p-1. The summed E-state index contributed by atoms with van der Waals surface area (Å²) in [5, 5.41) is 3.11. The Morgan fingerprint density at radius 2 is 1.39 bits per heavy atom. The summed E-state index contributed by atoms with van der Waals surface area (Å²) < 4.78 is 30.8. The molecule has 0 saturated carbocycles. The third-order valence-electron chi connectivity index (χ3n) is 2.30. The Balaban J connectivity index is -0.00000112. The van der Waals surface area contributed by atoms with Gasteiger partial charge in [-0.25, -0.2) is 4.21 Å². The molecule has 0 aliphatic heterocycles. The third-order valence-corrected chi connectivity index (χ3v) is 4.41. The number of hydrogen-bond donors (Lipinski definition) is 1. The Bertz CT molecular complexity index is 264. The van der Waals surface area contributed by atoms with Crippen LogP contribution in [0.1, 0.15) is 44.9 Å². The smallest absolute Gasteiger partial charge is 0.746 e. The Labute approximate surface area is 159 Å². The second kappa shape index (κ2) is 17.3. The van der Waals surface area contributed by atoms with Crippen LogP contribution in [0.2, 0.25) is 0 Å². The van der Waals surface area contributed by atoms with E-state index >= 15 is 0 Å². The van der Waals surface area contributed by atoms with Crippen LogP contribution in [0.15, 0.2) is 0 Å². The van der Waals surface area contributed by atoms with Gasteiger partial charge in [-0.05, 0) is 26.4 Å². The fourth-order valence-corrected chi connectivity index (χ4v) is 2.94. The third kappa shape index (κ3) is 23.4. The summed E-state index contributed by atoms with van der Waals surface area (Å²) in [6.45, 7) is 1.08. The van der Waals surface area contributed by atoms with Crippen LogP contribution in [-0.2, 0) is 19.4 Å². The monoisotopic (exact) mass is 314 g/mol. The zero-order valence-electron chi connectivity index (χ0n) is 11.9. The summed E-state index contributed by atoms with van der Waals surface area (Å²) in [6, 6.07) is 0. The van der Waals surface area contributed by atoms with Crippen LogP contribution < -0.4 is 64.4 Å². The molecule has 0 unspecified atom stereocenters. The molecule has 0 radical (unpaired) electrons. The summed E-state index contributed by atoms with van der Waals surface area (Å²) in [6.07, 6.45) is 7.91. The zero-order valence-corrected chi connectivity index (χ0v) is 17.5. The van der Waals surface area contributed by atoms with E-state index in [0.29, 0.717) is 16.1 Å². The van der Waals surface area contributed by atoms with Gasteiger partial charge in [-0.3, -0.25) is 0 Å². The van der Waals surface area contributed by atoms with Gasteiger partial charge in [0.15, 0.2) is 5.75 Å². The average molecular weight is 314 g/mol. The molecule has 0 aliphatic carbocycles. The van der Waals surface area contributed by atoms with E-state index in [9.17, 15) is 13.3 Å². The van der Waals surface area contributed by atoms with Crippen LogP contribution in [0.4, 0.5) is 0 Å². The van der Waals surface area contributed by atoms with Gasteiger partial charge in [-0.2, -0.15) is 0 Å². The molecule has 1 N–H and O–H groups in total. The molecule has 0 aromatic rings. The van der Waals surface area contributed by atoms with E-state index in [4.69, 9.17) is 0 Å². The van der Waals surface area contributed by atoms with Gasteiger partial charge in [-0.1, -0.05) is 25.7 Å². The zero-order chi connectivity index (χ0) is 12.3. The molecule has 0 bridgehead atoms. The SMILES string of the molecule is CNCCCCCCCCC[S+]=S(=O)([O-])[O-].[Na+].[Na+]. The number of unbranched alkanes of at least 4 members (excludes halogenated alkanes) is 6. The van der Waals surface area contributed by atoms with Crippen molar-refractivity contribution in [2.24, 2.45) is 0 Å². The quantitative estimate of drug-likeness (QED) is 0.250. The Morgan fingerprint density at radius 3 is 1.83 bits per heavy atom. The molecule has 0 atom stereocenters. The maximum absolute atomic E-state index is 10.3. The van der Waals surface area contributed by atoms with Crippen LogP contribution in [0.5, 0.6) is 0 Å². The second-order valence-corrected chi connectivity index (χ2v) is 7.20. The summed E-state index contributed by atoms with van der Waals surface area (Å²) >= 11 is 0. The number of rotatable bonds is 10. The number of nitrogens with one attached hydrogen (secondary N) is 1. The molecule has 18 heavy (non-hydrogen) atoms. The first-order valence-corrected chi connectivity index (χ1v) is 8.72. The fraction of sp³-hybridized carbons (Fsp3) is 1.00. The van der Waals surface area contributed by atoms with Gasteiger partial charge in [0.1, 0.15) is 0 Å². The van der Waals surface area contributed by atoms with E-state index in [0.717, 1.165) is 25.8 Å². The predicted molar refractivity (Wildman–Crippen MR) is 68.2 cm³/mol. The van der Waals surface area contributed by atoms with Gasteiger partial charge in [0, 0.05) is 6.42 Å². The normalized spacial score (nSPS) is 10.4. The van der Waals surface area contributed by atoms with Gasteiger partial charge in [-0.15, -0.1) is 0 Å². The van der Waals surface area contributed by atoms with Crippen LogP contribution in [-0.4, -0.2) is 32.7 Å². The van der Waals surface area contributed by atoms with E-state index in [-0.39, 0.29) is 59.1 Å². The number of hydrogen-bond acceptors (Lipinski definition) is 4. The van der Waals surface area contributed by atoms with Gasteiger partial charge >= 0.3 is 59.1 Å². The van der Waals surface area contributed by atoms with Crippen molar-refractivity contribution < 1.29 is 72.4 Å². The maximum atomic E-state index is 10.3. The van der Waals surface area contributed by atoms with Crippen molar-refractivity contribution in [3.63, 3.8) is 0 Å². The van der Waals surface area contributed by atoms with Crippen molar-refractivity contribution in [2.45, 2.75) is 44.9 Å². The molecule has 4 nitrogen and oxygen atoms in total. The van der Waals surface area contributed by atoms with Gasteiger partial charge in [0.05, 0.1) is 9.05 Å². The summed E-state index contributed by atoms with van der Waals surface area (Å²) in [7, 11) is -1.60. The first-order chi connectivity index (χ1) is 7.56. The molecule has 0 aromatic carbocycles. The maximum Gasteiger partial charge on any atom is 1.00 e. The van der Waals surface area contributed by atoms with E-state index in [2.05, 4.69) is 5.32 Å². The molecular formula is C10H22NNa2O3S2+. The molecule has 0 saturated heterocycles. The second-order valence-electron chi connectivity index (χ2n) is 3.81. The molecule has 0 fully saturated rings. The van der Waals surface area contributed by atoms with Crippen LogP contribution >= 0.6 is 0 Å². The van der Waals surface area contributed by atoms with Gasteiger partial charge < -0.3 is 14.4 Å². The summed E-state index contributed by atoms with van der Waals surface area (Å²) in [5.41, 5.74) is 0. The molecule has 98 valence electrons. The largest absolute Gasteiger partial charge is 1.00 e. The molecular weight excluding hydrogens is 292 g/mol. The van der Waals surface area contributed by atoms with Crippen LogP contribution in [0.25, 0.3) is 0 Å². The first-order valence-electron chi connectivity index (χ1n) is 5.81. The fourth-order valence-electron chi connectivity index (χ4n) is 1.45. The molecule has 0 amide bonds. The minimum atomic E-state index is -4.07. The van der Waals surface area contributed by atoms with Crippen molar-refractivity contribution in [1.82, 2.24) is 5.32 Å². The van der Waals surface area contributed by atoms with E-state index in [1.54, 1.807) is 0 Å². The van der Waals surface area contributed by atoms with Crippen molar-refractivity contribution in [3.05, 3.63) is 0 Å². The van der Waals surface area contributed by atoms with Crippen molar-refractivity contribution in [1.29, 1.82) is 0 Å². The molecule has 0 aromatic heterocycles. The molecule has 0 aliphatic rings. The van der Waals surface area contributed by atoms with E-state index in [1.165, 1.54) is 25.7 Å². The minimum Gasteiger partial charge on any atom is -0.746 e. The summed E-state index contributed by atoms with van der Waals surface area (Å²) in [5.74, 6) is 0.436. The van der Waals surface area contributed by atoms with Crippen molar-refractivity contribution >= 4 is 19.4 Å². The molecule has 8 heteroatoms. The van der Waals surface area contributed by atoms with Gasteiger partial charge in [0.25, 0.3) is 0 Å². The topological polar surface area (TPSA) is 75.2 Å². The minimum absolute atomic E-state index is 0. The molecule has 0 heterocycles. The van der Waals surface area contributed by atoms with E-state index in [1.807, 2.05) is 7.05 Å². The molecule has 0 rings (SSSR count). The van der Waals surface area contributed by atoms with Crippen molar-refractivity contribution in [2.75, 3.05) is 19.3 Å². The average Bonchev–Trinajstić information content (AvgIpc) is 2.19.